The fraction of sp³-hybridized carbons (Fsp3) is 0.263. The van der Waals surface area contributed by atoms with E-state index >= 15 is 0 Å². The van der Waals surface area contributed by atoms with Gasteiger partial charge in [0.05, 0.1) is 6.67 Å². The second-order valence-electron chi connectivity index (χ2n) is 5.68. The summed E-state index contributed by atoms with van der Waals surface area (Å²) in [5.41, 5.74) is 5.50. The smallest absolute Gasteiger partial charge is 0.0905 e. The Bertz CT molecular complexity index is 567. The maximum absolute atomic E-state index is 2.45. The molecule has 0 amide bonds. The minimum Gasteiger partial charge on any atom is -1.00 e. The first kappa shape index (κ1) is 16.4. The zero-order valence-corrected chi connectivity index (χ0v) is 13.9. The predicted molar refractivity (Wildman–Crippen MR) is 87.2 cm³/mol. The number of hydrogen-bond donors (Lipinski definition) is 0. The summed E-state index contributed by atoms with van der Waals surface area (Å²) in [6.07, 6.45) is 0. The number of benzene rings is 2. The quantitative estimate of drug-likeness (QED) is 0.837. The first-order chi connectivity index (χ1) is 10.2. The number of nitrogens with zero attached hydrogens (tertiary/aromatic N) is 2. The van der Waals surface area contributed by atoms with E-state index in [-0.39, 0.29) is 12.4 Å². The summed E-state index contributed by atoms with van der Waals surface area (Å²) in [7, 11) is 0. The van der Waals surface area contributed by atoms with E-state index in [2.05, 4.69) is 84.3 Å². The van der Waals surface area contributed by atoms with Gasteiger partial charge in [0.15, 0.2) is 0 Å². The third-order valence-corrected chi connectivity index (χ3v) is 4.25. The van der Waals surface area contributed by atoms with Crippen molar-refractivity contribution in [3.63, 3.8) is 0 Å². The molecule has 0 unspecified atom stereocenters. The monoisotopic (exact) mass is 313 g/mol. The van der Waals surface area contributed by atoms with Crippen LogP contribution in [0.5, 0.6) is 0 Å². The highest BCUT2D eigenvalue weighted by Gasteiger charge is 2.23. The number of halogens is 1. The molecular weight excluding hydrogens is 292 g/mol. The van der Waals surface area contributed by atoms with Crippen molar-refractivity contribution in [1.29, 1.82) is 0 Å². The molecule has 0 saturated heterocycles. The van der Waals surface area contributed by atoms with Crippen LogP contribution in [0.3, 0.4) is 0 Å². The largest absolute Gasteiger partial charge is 1.00 e. The Balaban J connectivity index is 0.00000176. The first-order valence-electron chi connectivity index (χ1n) is 7.49. The molecule has 1 heterocycles. The van der Waals surface area contributed by atoms with Gasteiger partial charge in [-0.15, -0.1) is 0 Å². The van der Waals surface area contributed by atoms with Crippen LogP contribution in [-0.4, -0.2) is 16.5 Å². The standard InChI is InChI=1S/C19H22N2.ClH/c1-16-17(2)21(14-19-11-7-4-8-12-19)15-20(16)13-18-9-5-3-6-10-18;/h3-12H,13-15H2,1-2H3;1H/p-1. The van der Waals surface area contributed by atoms with Gasteiger partial charge in [-0.05, 0) is 25.0 Å². The molecule has 0 radical (unpaired) electrons. The minimum absolute atomic E-state index is 0. The zero-order chi connectivity index (χ0) is 14.7. The van der Waals surface area contributed by atoms with Crippen molar-refractivity contribution in [2.45, 2.75) is 26.9 Å². The summed E-state index contributed by atoms with van der Waals surface area (Å²) in [5.74, 6) is 0. The molecule has 2 aromatic rings. The van der Waals surface area contributed by atoms with Crippen molar-refractivity contribution >= 4 is 0 Å². The lowest BCUT2D eigenvalue weighted by Gasteiger charge is -2.24. The molecule has 0 fully saturated rings. The molecular formula is C19H22ClN2-. The summed E-state index contributed by atoms with van der Waals surface area (Å²) in [6, 6.07) is 21.4. The molecule has 0 bridgehead atoms. The summed E-state index contributed by atoms with van der Waals surface area (Å²) in [4.78, 5) is 4.90. The Morgan fingerprint density at radius 2 is 1.05 bits per heavy atom. The molecule has 0 atom stereocenters. The van der Waals surface area contributed by atoms with Crippen molar-refractivity contribution in [1.82, 2.24) is 9.80 Å². The molecule has 1 aliphatic rings. The molecule has 116 valence electrons. The molecule has 3 rings (SSSR count). The van der Waals surface area contributed by atoms with Crippen molar-refractivity contribution in [2.24, 2.45) is 0 Å². The molecule has 22 heavy (non-hydrogen) atoms. The van der Waals surface area contributed by atoms with Gasteiger partial charge >= 0.3 is 0 Å². The van der Waals surface area contributed by atoms with Crippen molar-refractivity contribution in [2.75, 3.05) is 6.67 Å². The average Bonchev–Trinajstić information content (AvgIpc) is 2.78. The van der Waals surface area contributed by atoms with Gasteiger partial charge in [-0.1, -0.05) is 60.7 Å². The van der Waals surface area contributed by atoms with Gasteiger partial charge in [-0.3, -0.25) is 0 Å². The Morgan fingerprint density at radius 1 is 0.682 bits per heavy atom. The van der Waals surface area contributed by atoms with Crippen molar-refractivity contribution in [3.05, 3.63) is 83.2 Å². The van der Waals surface area contributed by atoms with Gasteiger partial charge in [-0.2, -0.15) is 0 Å². The van der Waals surface area contributed by atoms with E-state index in [1.54, 1.807) is 0 Å². The van der Waals surface area contributed by atoms with Crippen molar-refractivity contribution in [3.8, 4) is 0 Å². The third-order valence-electron chi connectivity index (χ3n) is 4.25. The SMILES string of the molecule is CC1=C(C)N(Cc2ccccc2)CN1Cc1ccccc1.[Cl-]. The van der Waals surface area contributed by atoms with Crippen LogP contribution in [0.25, 0.3) is 0 Å². The molecule has 3 heteroatoms. The molecule has 0 N–H and O–H groups in total. The fourth-order valence-corrected chi connectivity index (χ4v) is 2.82. The Hall–Kier alpha value is -1.93. The molecule has 0 spiro atoms. The van der Waals surface area contributed by atoms with E-state index in [0.29, 0.717) is 0 Å². The summed E-state index contributed by atoms with van der Waals surface area (Å²) >= 11 is 0. The van der Waals surface area contributed by atoms with Gasteiger partial charge in [0, 0.05) is 24.5 Å². The zero-order valence-electron chi connectivity index (χ0n) is 13.2. The second kappa shape index (κ2) is 7.37. The number of allylic oxidation sites excluding steroid dienone is 2. The molecule has 2 nitrogen and oxygen atoms in total. The van der Waals surface area contributed by atoms with Crippen LogP contribution in [-0.2, 0) is 13.1 Å². The van der Waals surface area contributed by atoms with Crippen LogP contribution in [0.4, 0.5) is 0 Å². The highest BCUT2D eigenvalue weighted by Crippen LogP contribution is 2.26. The maximum atomic E-state index is 2.45. The van der Waals surface area contributed by atoms with E-state index in [0.717, 1.165) is 19.8 Å². The lowest BCUT2D eigenvalue weighted by atomic mass is 10.2. The molecule has 2 aromatic carbocycles. The van der Waals surface area contributed by atoms with Crippen LogP contribution in [0.15, 0.2) is 72.1 Å². The molecule has 0 saturated carbocycles. The van der Waals surface area contributed by atoms with Gasteiger partial charge in [0.1, 0.15) is 0 Å². The molecule has 0 aliphatic carbocycles. The van der Waals surface area contributed by atoms with Crippen LogP contribution >= 0.6 is 0 Å². The Kier molecular flexibility index (Phi) is 5.51. The second-order valence-corrected chi connectivity index (χ2v) is 5.68. The van der Waals surface area contributed by atoms with Gasteiger partial charge in [-0.25, -0.2) is 0 Å². The van der Waals surface area contributed by atoms with E-state index in [4.69, 9.17) is 0 Å². The normalized spacial score (nSPS) is 14.3. The highest BCUT2D eigenvalue weighted by molar-refractivity contribution is 5.21. The summed E-state index contributed by atoms with van der Waals surface area (Å²) in [5, 5.41) is 0. The van der Waals surface area contributed by atoms with Crippen LogP contribution in [0.2, 0.25) is 0 Å². The van der Waals surface area contributed by atoms with Gasteiger partial charge < -0.3 is 22.2 Å². The van der Waals surface area contributed by atoms with Crippen LogP contribution in [0, 0.1) is 0 Å². The lowest BCUT2D eigenvalue weighted by Crippen LogP contribution is -3.00. The predicted octanol–water partition coefficient (Wildman–Crippen LogP) is 1.22. The van der Waals surface area contributed by atoms with Gasteiger partial charge in [0.25, 0.3) is 0 Å². The Morgan fingerprint density at radius 3 is 1.41 bits per heavy atom. The number of rotatable bonds is 4. The van der Waals surface area contributed by atoms with E-state index < -0.39 is 0 Å². The summed E-state index contributed by atoms with van der Waals surface area (Å²) < 4.78 is 0. The van der Waals surface area contributed by atoms with Crippen LogP contribution in [0.1, 0.15) is 25.0 Å². The van der Waals surface area contributed by atoms with E-state index in [9.17, 15) is 0 Å². The third kappa shape index (κ3) is 3.63. The topological polar surface area (TPSA) is 6.48 Å². The lowest BCUT2D eigenvalue weighted by molar-refractivity contribution is -0.00000439. The Labute approximate surface area is 139 Å². The molecule has 1 aliphatic heterocycles. The average molecular weight is 314 g/mol. The number of hydrogen-bond acceptors (Lipinski definition) is 2. The van der Waals surface area contributed by atoms with E-state index in [1.165, 1.54) is 22.5 Å². The highest BCUT2D eigenvalue weighted by atomic mass is 35.5. The minimum atomic E-state index is 0. The fourth-order valence-electron chi connectivity index (χ4n) is 2.82. The van der Waals surface area contributed by atoms with E-state index in [1.807, 2.05) is 0 Å². The summed E-state index contributed by atoms with van der Waals surface area (Å²) in [6.45, 7) is 7.39. The van der Waals surface area contributed by atoms with Crippen molar-refractivity contribution < 1.29 is 12.4 Å². The van der Waals surface area contributed by atoms with Crippen LogP contribution < -0.4 is 12.4 Å². The molecule has 0 aromatic heterocycles. The maximum Gasteiger partial charge on any atom is 0.0905 e. The first-order valence-corrected chi connectivity index (χ1v) is 7.49. The van der Waals surface area contributed by atoms with Gasteiger partial charge in [0.2, 0.25) is 0 Å².